The topological polar surface area (TPSA) is 278 Å². The van der Waals surface area contributed by atoms with Gasteiger partial charge >= 0.3 is 11.9 Å². The van der Waals surface area contributed by atoms with Crippen LogP contribution in [0.4, 0.5) is 0 Å². The van der Waals surface area contributed by atoms with Gasteiger partial charge in [0.25, 0.3) is 0 Å². The standard InChI is InChI=1S/C53H76Cl2O18/c1-13-30-22-26(6)33(57)18-16-15-17-31(23-68-52-47(67-12)42(61)35(29(9)69-52)40(59)41(60)36-32(14-2)37(54)43(62)38(55)39(36)58)50(66)70-34(28(8)56)20-19-25(5)21-27(7)46(30)71-51-45(64)44(63)48(53(10,11)73-51)72-49(65)24(3)4/h15-17,19,21-22,24,28-30,33-35,40,42,44-48,51-52,56-59,61-64H,13-14,18,20,23H2,1-12H3. The van der Waals surface area contributed by atoms with Crippen LogP contribution in [0.3, 0.4) is 0 Å². The number of methoxy groups -OCH3 is 1. The zero-order valence-corrected chi connectivity index (χ0v) is 45.2. The van der Waals surface area contributed by atoms with Crippen LogP contribution in [0.1, 0.15) is 111 Å². The molecule has 0 spiro atoms. The van der Waals surface area contributed by atoms with Gasteiger partial charge in [-0.3, -0.25) is 9.59 Å². The second kappa shape index (κ2) is 26.8. The molecule has 2 fully saturated rings. The molecule has 20 heteroatoms. The minimum absolute atomic E-state index is 0.0215. The minimum Gasteiger partial charge on any atom is -0.505 e. The Bertz CT molecular complexity index is 2250. The lowest BCUT2D eigenvalue weighted by Gasteiger charge is -2.47. The number of ketones is 1. The molecule has 0 saturated carbocycles. The summed E-state index contributed by atoms with van der Waals surface area (Å²) >= 11 is 12.3. The molecule has 15 unspecified atom stereocenters. The van der Waals surface area contributed by atoms with E-state index in [0.29, 0.717) is 23.1 Å². The van der Waals surface area contributed by atoms with Gasteiger partial charge in [0.05, 0.1) is 59.2 Å². The Kier molecular flexibility index (Phi) is 22.7. The van der Waals surface area contributed by atoms with E-state index in [-0.39, 0.29) is 35.4 Å². The average Bonchev–Trinajstić information content (AvgIpc) is 3.32. The summed E-state index contributed by atoms with van der Waals surface area (Å²) in [5.41, 5.74) is 0.203. The van der Waals surface area contributed by atoms with Gasteiger partial charge in [0.15, 0.2) is 30.2 Å². The first-order chi connectivity index (χ1) is 34.1. The van der Waals surface area contributed by atoms with Gasteiger partial charge in [-0.2, -0.15) is 0 Å². The van der Waals surface area contributed by atoms with Gasteiger partial charge in [-0.05, 0) is 90.5 Å². The first-order valence-corrected chi connectivity index (χ1v) is 25.4. The smallest absolute Gasteiger partial charge is 0.336 e. The van der Waals surface area contributed by atoms with E-state index in [1.165, 1.54) is 33.1 Å². The lowest BCUT2D eigenvalue weighted by Crippen LogP contribution is -2.64. The summed E-state index contributed by atoms with van der Waals surface area (Å²) in [6, 6.07) is 0. The number of Topliss-reactive ketones (excluding diaryl/α,β-unsaturated/α-hetero) is 1. The maximum Gasteiger partial charge on any atom is 0.336 e. The van der Waals surface area contributed by atoms with Crippen molar-refractivity contribution < 1.29 is 88.4 Å². The highest BCUT2D eigenvalue weighted by atomic mass is 35.5. The van der Waals surface area contributed by atoms with E-state index in [1.54, 1.807) is 60.6 Å². The lowest BCUT2D eigenvalue weighted by molar-refractivity contribution is -0.333. The number of esters is 2. The highest BCUT2D eigenvalue weighted by Gasteiger charge is 2.53. The van der Waals surface area contributed by atoms with Gasteiger partial charge in [-0.25, -0.2) is 4.79 Å². The van der Waals surface area contributed by atoms with E-state index in [4.69, 9.17) is 56.4 Å². The molecule has 0 radical (unpaired) electrons. The van der Waals surface area contributed by atoms with Gasteiger partial charge in [-0.15, -0.1) is 0 Å². The summed E-state index contributed by atoms with van der Waals surface area (Å²) in [5, 5.41) is 88.1. The van der Waals surface area contributed by atoms with Crippen LogP contribution in [0.25, 0.3) is 0 Å². The van der Waals surface area contributed by atoms with Crippen LogP contribution in [0.15, 0.2) is 58.7 Å². The predicted octanol–water partition coefficient (Wildman–Crippen LogP) is 5.87. The van der Waals surface area contributed by atoms with E-state index < -0.39 is 149 Å². The third-order valence-corrected chi connectivity index (χ3v) is 14.3. The summed E-state index contributed by atoms with van der Waals surface area (Å²) in [4.78, 5) is 40.3. The molecule has 410 valence electrons. The van der Waals surface area contributed by atoms with E-state index in [1.807, 2.05) is 26.0 Å². The fraction of sp³-hybridized carbons (Fsp3) is 0.642. The highest BCUT2D eigenvalue weighted by Crippen LogP contribution is 2.46. The molecule has 15 atom stereocenters. The summed E-state index contributed by atoms with van der Waals surface area (Å²) in [5.74, 6) is -6.18. The molecule has 0 aromatic heterocycles. The SMILES string of the molecule is CCc1c(Cl)c(O)c(Cl)c(O)c1C(=O)C(O)C1C(C)OC(OCC2=CC=CCC(O)C(C)=CC(CC)C(OC3OC(C)(C)C(OC(=O)C(C)C)C(O)C3O)C(C)=CC(C)=CCC(C(C)O)OC2=O)C(OC)C1O. The van der Waals surface area contributed by atoms with Crippen molar-refractivity contribution in [2.45, 2.75) is 187 Å². The minimum atomic E-state index is -2.00. The Morgan fingerprint density at radius 2 is 1.58 bits per heavy atom. The Labute approximate surface area is 437 Å². The fourth-order valence-corrected chi connectivity index (χ4v) is 9.67. The summed E-state index contributed by atoms with van der Waals surface area (Å²) in [6.45, 7) is 17.9. The van der Waals surface area contributed by atoms with Crippen molar-refractivity contribution in [3.05, 3.63) is 79.9 Å². The predicted molar refractivity (Wildman–Crippen MR) is 270 cm³/mol. The van der Waals surface area contributed by atoms with E-state index in [0.717, 1.165) is 0 Å². The molecule has 18 nitrogen and oxygen atoms in total. The number of allylic oxidation sites excluding steroid dienone is 4. The van der Waals surface area contributed by atoms with Crippen molar-refractivity contribution in [1.82, 2.24) is 0 Å². The summed E-state index contributed by atoms with van der Waals surface area (Å²) in [6.07, 6.45) is -6.46. The second-order valence-corrected chi connectivity index (χ2v) is 20.6. The molecule has 3 aliphatic heterocycles. The number of halogens is 2. The van der Waals surface area contributed by atoms with Crippen LogP contribution in [-0.2, 0) is 49.2 Å². The maximum absolute atomic E-state index is 14.0. The van der Waals surface area contributed by atoms with Crippen molar-refractivity contribution in [3.8, 4) is 11.5 Å². The molecule has 0 bridgehead atoms. The molecule has 0 amide bonds. The van der Waals surface area contributed by atoms with Gasteiger partial charge < -0.3 is 74.0 Å². The van der Waals surface area contributed by atoms with Crippen LogP contribution in [0.2, 0.25) is 10.0 Å². The van der Waals surface area contributed by atoms with Crippen LogP contribution in [0.5, 0.6) is 11.5 Å². The molecular weight excluding hydrogens is 995 g/mol. The number of aliphatic hydroxyl groups is 6. The van der Waals surface area contributed by atoms with Crippen molar-refractivity contribution in [2.75, 3.05) is 13.7 Å². The van der Waals surface area contributed by atoms with Crippen LogP contribution in [-0.4, -0.2) is 158 Å². The molecule has 3 heterocycles. The number of aliphatic hydroxyl groups excluding tert-OH is 6. The molecule has 1 aromatic rings. The van der Waals surface area contributed by atoms with Crippen LogP contribution >= 0.6 is 23.2 Å². The Balaban J connectivity index is 1.62. The van der Waals surface area contributed by atoms with Crippen LogP contribution in [0, 0.1) is 17.8 Å². The molecule has 1 aromatic carbocycles. The number of aromatic hydroxyl groups is 2. The fourth-order valence-electron chi connectivity index (χ4n) is 9.11. The molecule has 8 N–H and O–H groups in total. The molecule has 3 aliphatic rings. The van der Waals surface area contributed by atoms with Crippen molar-refractivity contribution in [2.24, 2.45) is 17.8 Å². The third kappa shape index (κ3) is 14.8. The molecule has 2 saturated heterocycles. The monoisotopic (exact) mass is 1070 g/mol. The van der Waals surface area contributed by atoms with Gasteiger partial charge in [0.1, 0.15) is 46.9 Å². The quantitative estimate of drug-likeness (QED) is 0.0615. The van der Waals surface area contributed by atoms with Gasteiger partial charge in [-0.1, -0.05) is 86.9 Å². The second-order valence-electron chi connectivity index (χ2n) is 19.9. The Morgan fingerprint density at radius 3 is 2.16 bits per heavy atom. The van der Waals surface area contributed by atoms with E-state index in [2.05, 4.69) is 0 Å². The average molecular weight is 1070 g/mol. The maximum atomic E-state index is 14.0. The van der Waals surface area contributed by atoms with Gasteiger partial charge in [0.2, 0.25) is 0 Å². The zero-order chi connectivity index (χ0) is 55.0. The van der Waals surface area contributed by atoms with Crippen molar-refractivity contribution >= 4 is 40.9 Å². The Hall–Kier alpha value is -3.73. The van der Waals surface area contributed by atoms with Crippen LogP contribution < -0.4 is 0 Å². The van der Waals surface area contributed by atoms with Gasteiger partial charge in [0, 0.05) is 25.4 Å². The van der Waals surface area contributed by atoms with E-state index in [9.17, 15) is 55.2 Å². The normalized spacial score (nSPS) is 31.7. The summed E-state index contributed by atoms with van der Waals surface area (Å²) < 4.78 is 41.9. The Morgan fingerprint density at radius 1 is 0.918 bits per heavy atom. The molecule has 0 aliphatic carbocycles. The molecule has 4 rings (SSSR count). The molecule has 73 heavy (non-hydrogen) atoms. The highest BCUT2D eigenvalue weighted by molar-refractivity contribution is 6.39. The lowest BCUT2D eigenvalue weighted by atomic mass is 9.81. The van der Waals surface area contributed by atoms with Crippen molar-refractivity contribution in [1.29, 1.82) is 0 Å². The number of phenols is 2. The summed E-state index contributed by atoms with van der Waals surface area (Å²) in [7, 11) is 1.24. The number of hydrogen-bond acceptors (Lipinski definition) is 18. The number of phenolic OH excluding ortho intramolecular Hbond substituents is 2. The number of carbonyl (C=O) groups is 3. The number of rotatable bonds is 14. The number of hydrogen-bond donors (Lipinski definition) is 8. The first kappa shape index (κ1) is 61.8. The number of benzene rings is 1. The third-order valence-electron chi connectivity index (χ3n) is 13.6. The largest absolute Gasteiger partial charge is 0.505 e. The van der Waals surface area contributed by atoms with Crippen molar-refractivity contribution in [3.63, 3.8) is 0 Å². The molecular formula is C53H76Cl2O18. The number of cyclic esters (lactones) is 1. The number of ether oxygens (including phenoxy) is 7. The van der Waals surface area contributed by atoms with E-state index >= 15 is 0 Å². The first-order valence-electron chi connectivity index (χ1n) is 24.6. The zero-order valence-electron chi connectivity index (χ0n) is 43.7. The number of carbonyl (C=O) groups excluding carboxylic acids is 3.